The molecule has 3 aliphatic carbocycles. The lowest BCUT2D eigenvalue weighted by Gasteiger charge is -2.46. The van der Waals surface area contributed by atoms with Crippen molar-refractivity contribution in [3.63, 3.8) is 0 Å². The van der Waals surface area contributed by atoms with Gasteiger partial charge in [0.05, 0.1) is 17.8 Å². The number of phenolic OH excluding ortho intramolecular Hbond substituents is 1. The fourth-order valence-electron chi connectivity index (χ4n) is 6.68. The molecule has 0 saturated carbocycles. The van der Waals surface area contributed by atoms with Crippen LogP contribution in [0.1, 0.15) is 27.9 Å². The van der Waals surface area contributed by atoms with Crippen LogP contribution in [-0.2, 0) is 16.0 Å². The Labute approximate surface area is 232 Å². The number of aromatic hydroxyl groups is 1. The van der Waals surface area contributed by atoms with Crippen molar-refractivity contribution >= 4 is 23.6 Å². The maximum absolute atomic E-state index is 14.0. The fraction of sp³-hybridized carbons (Fsp3) is 0.500. The zero-order valence-electron chi connectivity index (χ0n) is 22.6. The Morgan fingerprint density at radius 1 is 1.27 bits per heavy atom. The third-order valence-electron chi connectivity index (χ3n) is 8.30. The molecule has 5 rings (SSSR count). The van der Waals surface area contributed by atoms with E-state index < -0.39 is 76.5 Å². The van der Waals surface area contributed by atoms with Crippen LogP contribution in [0, 0.1) is 11.8 Å². The number of epoxide rings is 1. The number of aliphatic hydroxyl groups excluding tert-OH is 2. The number of ether oxygens (including phenoxy) is 1. The molecule has 0 aromatic heterocycles. The molecule has 1 aliphatic heterocycles. The fourth-order valence-corrected chi connectivity index (χ4v) is 6.68. The van der Waals surface area contributed by atoms with Crippen LogP contribution in [0.4, 0.5) is 18.9 Å². The third kappa shape index (κ3) is 3.97. The first-order valence-corrected chi connectivity index (χ1v) is 12.7. The number of nitrogens with zero attached hydrogens (tertiary/aromatic N) is 3. The van der Waals surface area contributed by atoms with Gasteiger partial charge in [-0.25, -0.2) is 0 Å². The molecule has 0 radical (unpaired) electrons. The number of nitrogens with two attached hydrogens (primary N) is 1. The molecule has 12 nitrogen and oxygen atoms in total. The molecule has 1 aromatic rings. The summed E-state index contributed by atoms with van der Waals surface area (Å²) >= 11 is 0. The number of rotatable bonds is 6. The summed E-state index contributed by atoms with van der Waals surface area (Å²) in [5, 5.41) is 48.5. The highest BCUT2D eigenvalue weighted by molar-refractivity contribution is 6.16. The summed E-state index contributed by atoms with van der Waals surface area (Å²) in [4.78, 5) is 29.5. The molecular weight excluding hydrogens is 551 g/mol. The number of hydrogen-bond acceptors (Lipinski definition) is 11. The number of likely N-dealkylation sites (N-methyl/N-ethyl adjacent to an activating group) is 1. The van der Waals surface area contributed by atoms with E-state index >= 15 is 0 Å². The number of anilines is 1. The molecule has 1 amide bonds. The Balaban J connectivity index is 1.65. The zero-order valence-corrected chi connectivity index (χ0v) is 22.6. The van der Waals surface area contributed by atoms with Crippen molar-refractivity contribution in [1.29, 1.82) is 0 Å². The van der Waals surface area contributed by atoms with Gasteiger partial charge in [0.15, 0.2) is 11.4 Å². The number of carbonyl (C=O) groups is 2. The summed E-state index contributed by atoms with van der Waals surface area (Å²) < 4.78 is 43.1. The number of carbonyl (C=O) groups excluding carboxylic acids is 2. The molecule has 1 heterocycles. The molecule has 1 unspecified atom stereocenters. The molecule has 1 saturated heterocycles. The molecule has 1 spiro atoms. The first-order valence-electron chi connectivity index (χ1n) is 12.7. The molecule has 7 N–H and O–H groups in total. The van der Waals surface area contributed by atoms with Gasteiger partial charge in [0, 0.05) is 36.8 Å². The van der Waals surface area contributed by atoms with Crippen molar-refractivity contribution in [2.24, 2.45) is 22.7 Å². The van der Waals surface area contributed by atoms with Gasteiger partial charge in [-0.2, -0.15) is 18.3 Å². The number of aliphatic hydroxyl groups is 3. The number of halogens is 3. The van der Waals surface area contributed by atoms with Gasteiger partial charge in [-0.3, -0.25) is 14.5 Å². The summed E-state index contributed by atoms with van der Waals surface area (Å²) in [6, 6.07) is 0.587. The molecular formula is C26H30F3N5O7. The van der Waals surface area contributed by atoms with Crippen LogP contribution in [-0.4, -0.2) is 102 Å². The van der Waals surface area contributed by atoms with Crippen LogP contribution in [0.2, 0.25) is 0 Å². The lowest BCUT2D eigenvalue weighted by molar-refractivity contribution is -0.124. The Kier molecular flexibility index (Phi) is 6.36. The summed E-state index contributed by atoms with van der Waals surface area (Å²) in [5.74, 6) is -7.51. The van der Waals surface area contributed by atoms with E-state index in [-0.39, 0.29) is 29.5 Å². The number of ketones is 1. The third-order valence-corrected chi connectivity index (χ3v) is 8.30. The SMILES string of the molecule is CN(C)c1cc(/C=N/NCC(F)(F)F)c(O)c2c1C[C@H]1C[C@H]3[C@H](N(C)C)C(O)=C(C(N)=O)C4(O)O[C@]34C(O)=C1C2=O. The molecule has 1 aromatic carbocycles. The number of alkyl halides is 3. The minimum absolute atomic E-state index is 0.0470. The molecule has 1 fully saturated rings. The maximum Gasteiger partial charge on any atom is 0.407 e. The minimum Gasteiger partial charge on any atom is -0.510 e. The number of phenols is 1. The quantitative estimate of drug-likeness (QED) is 0.160. The van der Waals surface area contributed by atoms with Gasteiger partial charge >= 0.3 is 6.18 Å². The number of amides is 1. The minimum atomic E-state index is -4.52. The number of hydrazone groups is 1. The number of fused-ring (bicyclic) bond motifs is 2. The van der Waals surface area contributed by atoms with E-state index in [1.54, 1.807) is 38.0 Å². The van der Waals surface area contributed by atoms with E-state index in [1.807, 2.05) is 5.43 Å². The van der Waals surface area contributed by atoms with E-state index in [2.05, 4.69) is 5.10 Å². The van der Waals surface area contributed by atoms with E-state index in [1.165, 1.54) is 6.07 Å². The lowest BCUT2D eigenvalue weighted by Crippen LogP contribution is -2.57. The van der Waals surface area contributed by atoms with Crippen LogP contribution < -0.4 is 16.1 Å². The average molecular weight is 582 g/mol. The van der Waals surface area contributed by atoms with Gasteiger partial charge in [-0.05, 0) is 44.5 Å². The lowest BCUT2D eigenvalue weighted by atomic mass is 9.60. The van der Waals surface area contributed by atoms with Crippen LogP contribution >= 0.6 is 0 Å². The molecule has 41 heavy (non-hydrogen) atoms. The van der Waals surface area contributed by atoms with Crippen LogP contribution in [0.5, 0.6) is 5.75 Å². The number of benzene rings is 1. The normalized spacial score (nSPS) is 30.7. The predicted octanol–water partition coefficient (Wildman–Crippen LogP) is 0.830. The topological polar surface area (TPSA) is 184 Å². The van der Waals surface area contributed by atoms with Crippen molar-refractivity contribution in [3.05, 3.63) is 45.4 Å². The van der Waals surface area contributed by atoms with E-state index in [0.29, 0.717) is 11.3 Å². The van der Waals surface area contributed by atoms with Crippen LogP contribution in [0.25, 0.3) is 0 Å². The van der Waals surface area contributed by atoms with Gasteiger partial charge in [-0.15, -0.1) is 0 Å². The molecule has 15 heteroatoms. The second-order valence-electron chi connectivity index (χ2n) is 11.1. The number of nitrogens with one attached hydrogen (secondary N) is 1. The smallest absolute Gasteiger partial charge is 0.407 e. The van der Waals surface area contributed by atoms with Crippen molar-refractivity contribution in [3.8, 4) is 5.75 Å². The number of allylic oxidation sites excluding steroid dienone is 1. The Morgan fingerprint density at radius 3 is 2.49 bits per heavy atom. The van der Waals surface area contributed by atoms with Gasteiger partial charge in [0.25, 0.3) is 5.91 Å². The molecule has 222 valence electrons. The Hall–Kier alpha value is -3.82. The summed E-state index contributed by atoms with van der Waals surface area (Å²) in [6.07, 6.45) is -3.27. The summed E-state index contributed by atoms with van der Waals surface area (Å²) in [6.45, 7) is -1.41. The van der Waals surface area contributed by atoms with E-state index in [0.717, 1.165) is 6.21 Å². The number of hydrogen-bond donors (Lipinski definition) is 6. The van der Waals surface area contributed by atoms with Crippen LogP contribution in [0.3, 0.4) is 0 Å². The first-order chi connectivity index (χ1) is 19.0. The Morgan fingerprint density at radius 2 is 1.93 bits per heavy atom. The largest absolute Gasteiger partial charge is 0.510 e. The van der Waals surface area contributed by atoms with Crippen molar-refractivity contribution in [1.82, 2.24) is 10.3 Å². The highest BCUT2D eigenvalue weighted by Crippen LogP contribution is 2.68. The summed E-state index contributed by atoms with van der Waals surface area (Å²) in [7, 11) is 6.64. The molecule has 0 bridgehead atoms. The summed E-state index contributed by atoms with van der Waals surface area (Å²) in [5.41, 5.74) is 5.31. The maximum atomic E-state index is 14.0. The van der Waals surface area contributed by atoms with Crippen molar-refractivity contribution in [2.75, 3.05) is 39.6 Å². The first kappa shape index (κ1) is 28.7. The number of Topliss-reactive ketones (excluding diaryl/α,β-unsaturated/α-hetero) is 1. The highest BCUT2D eigenvalue weighted by Gasteiger charge is 2.84. The van der Waals surface area contributed by atoms with Gasteiger partial charge < -0.3 is 41.2 Å². The monoisotopic (exact) mass is 581 g/mol. The second kappa shape index (κ2) is 9.09. The Bertz CT molecular complexity index is 1450. The standard InChI is InChI=1S/C26H30F3N5O7/c1-33(2)14-7-11(8-31-32-9-24(27,28)29)19(35)16-12(14)5-10-6-13-18(34(3)4)21(37)17(23(30)39)26(40)25(13,41-26)22(38)15(10)20(16)36/h7-8,10,13,18,32,35,37-38,40H,5-6,9H2,1-4H3,(H2,30,39)/b31-8+/t10-,13-,18-,25-,26?/m0/s1. The molecule has 5 atom stereocenters. The van der Waals surface area contributed by atoms with Gasteiger partial charge in [-0.1, -0.05) is 0 Å². The molecule has 4 aliphatic rings. The zero-order chi connectivity index (χ0) is 30.4. The average Bonchev–Trinajstić information content (AvgIpc) is 3.47. The van der Waals surface area contributed by atoms with Crippen molar-refractivity contribution in [2.45, 2.75) is 36.4 Å². The highest BCUT2D eigenvalue weighted by atomic mass is 19.4. The van der Waals surface area contributed by atoms with Crippen LogP contribution in [0.15, 0.2) is 33.8 Å². The van der Waals surface area contributed by atoms with E-state index in [4.69, 9.17) is 10.5 Å². The number of primary amides is 1. The van der Waals surface area contributed by atoms with Gasteiger partial charge in [0.2, 0.25) is 5.79 Å². The van der Waals surface area contributed by atoms with Gasteiger partial charge in [0.1, 0.15) is 29.4 Å². The van der Waals surface area contributed by atoms with Crippen molar-refractivity contribution < 1.29 is 47.9 Å². The van der Waals surface area contributed by atoms with E-state index in [9.17, 15) is 43.2 Å². The second-order valence-corrected chi connectivity index (χ2v) is 11.1. The predicted molar refractivity (Wildman–Crippen MR) is 138 cm³/mol.